The van der Waals surface area contributed by atoms with Crippen LogP contribution >= 0.6 is 12.2 Å². The van der Waals surface area contributed by atoms with E-state index in [4.69, 9.17) is 27.1 Å². The highest BCUT2D eigenvalue weighted by molar-refractivity contribution is 7.91. The number of hydrogen-bond acceptors (Lipinski definition) is 10. The van der Waals surface area contributed by atoms with E-state index in [-0.39, 0.29) is 47.3 Å². The number of sulfonamides is 1. The van der Waals surface area contributed by atoms with E-state index in [0.717, 1.165) is 25.0 Å². The number of halogens is 3. The summed E-state index contributed by atoms with van der Waals surface area (Å²) in [4.78, 5) is 53.1. The molecule has 4 aliphatic rings. The van der Waals surface area contributed by atoms with Crippen LogP contribution < -0.4 is 25.8 Å². The number of carbonyl (C=O) groups is 3. The van der Waals surface area contributed by atoms with Gasteiger partial charge in [-0.3, -0.25) is 19.1 Å². The monoisotopic (exact) mass is 839 g/mol. The maximum atomic E-state index is 14.4. The van der Waals surface area contributed by atoms with Gasteiger partial charge >= 0.3 is 6.18 Å². The van der Waals surface area contributed by atoms with Crippen molar-refractivity contribution in [2.24, 2.45) is 11.7 Å². The van der Waals surface area contributed by atoms with Crippen LogP contribution in [0.4, 0.5) is 13.2 Å². The Bertz CT molecular complexity index is 2440. The van der Waals surface area contributed by atoms with Crippen molar-refractivity contribution in [2.45, 2.75) is 92.9 Å². The van der Waals surface area contributed by atoms with Crippen molar-refractivity contribution >= 4 is 67.1 Å². The molecule has 0 radical (unpaired) electrons. The number of furan rings is 1. The van der Waals surface area contributed by atoms with Gasteiger partial charge in [-0.25, -0.2) is 13.4 Å². The molecule has 4 aromatic rings. The van der Waals surface area contributed by atoms with Crippen LogP contribution in [0.5, 0.6) is 5.88 Å². The van der Waals surface area contributed by atoms with Gasteiger partial charge in [-0.2, -0.15) is 18.2 Å². The minimum absolute atomic E-state index is 0.0482. The standard InChI is InChI=1S/C39H40F3N7O7S2/c40-39(41,42)22-14-12-21(13-15-22)32-45-30-26-9-6-7-11-29(26)56-31(30)34(46-32)55-24-18-28-33(50)47-38(36(52)48-58(53,54)25-16-17-25)19-23(38)8-4-2-1-3-5-10-27(44-37(43)57)35(51)49(28)20-24/h4,6-9,11-15,23-25,27-28H,1-3,5,10,16-20H2,(H,47,50)(H,48,52)(H3,43,44,57)/b8-4-. The van der Waals surface area contributed by atoms with Gasteiger partial charge < -0.3 is 30.4 Å². The number of allylic oxidation sites excluding steroid dienone is 1. The van der Waals surface area contributed by atoms with Crippen LogP contribution in [-0.4, -0.2) is 81.6 Å². The molecular weight excluding hydrogens is 800 g/mol. The zero-order valence-corrected chi connectivity index (χ0v) is 32.6. The molecule has 5 N–H and O–H groups in total. The van der Waals surface area contributed by atoms with Gasteiger partial charge in [-0.15, -0.1) is 0 Å². The summed E-state index contributed by atoms with van der Waals surface area (Å²) in [7, 11) is -3.94. The van der Waals surface area contributed by atoms with Crippen molar-refractivity contribution in [2.75, 3.05) is 6.54 Å². The third-order valence-corrected chi connectivity index (χ3v) is 13.0. The van der Waals surface area contributed by atoms with E-state index >= 15 is 0 Å². The first-order valence-corrected chi connectivity index (χ1v) is 21.0. The highest BCUT2D eigenvalue weighted by Crippen LogP contribution is 2.46. The molecule has 2 aromatic heterocycles. The molecule has 2 saturated carbocycles. The molecule has 0 bridgehead atoms. The first-order chi connectivity index (χ1) is 27.6. The number of aromatic nitrogens is 2. The summed E-state index contributed by atoms with van der Waals surface area (Å²) in [6, 6.07) is 9.27. The third-order valence-electron chi connectivity index (χ3n) is 11.1. The molecule has 1 saturated heterocycles. The molecule has 14 nitrogen and oxygen atoms in total. The van der Waals surface area contributed by atoms with Gasteiger partial charge in [0, 0.05) is 23.3 Å². The lowest BCUT2D eigenvalue weighted by molar-refractivity contribution is -0.141. The van der Waals surface area contributed by atoms with Gasteiger partial charge in [-0.05, 0) is 75.0 Å². The van der Waals surface area contributed by atoms with E-state index in [1.54, 1.807) is 24.3 Å². The zero-order chi connectivity index (χ0) is 41.0. The number of amides is 3. The number of nitrogens with two attached hydrogens (primary N) is 1. The van der Waals surface area contributed by atoms with Crippen LogP contribution in [0.3, 0.4) is 0 Å². The van der Waals surface area contributed by atoms with Crippen molar-refractivity contribution in [3.63, 3.8) is 0 Å². The van der Waals surface area contributed by atoms with E-state index in [1.165, 1.54) is 17.0 Å². The Morgan fingerprint density at radius 2 is 1.81 bits per heavy atom. The predicted molar refractivity (Wildman–Crippen MR) is 209 cm³/mol. The summed E-state index contributed by atoms with van der Waals surface area (Å²) in [5.74, 6) is -2.53. The molecule has 19 heteroatoms. The van der Waals surface area contributed by atoms with Crippen LogP contribution in [-0.2, 0) is 30.6 Å². The first-order valence-electron chi connectivity index (χ1n) is 19.1. The number of rotatable bonds is 7. The lowest BCUT2D eigenvalue weighted by atomic mass is 10.1. The Morgan fingerprint density at radius 3 is 2.53 bits per heavy atom. The summed E-state index contributed by atoms with van der Waals surface area (Å²) >= 11 is 5.12. The van der Waals surface area contributed by atoms with E-state index in [0.29, 0.717) is 48.6 Å². The molecule has 4 heterocycles. The summed E-state index contributed by atoms with van der Waals surface area (Å²) in [5.41, 5.74) is 4.63. The van der Waals surface area contributed by atoms with E-state index < -0.39 is 74.4 Å². The van der Waals surface area contributed by atoms with E-state index in [9.17, 15) is 36.0 Å². The van der Waals surface area contributed by atoms with Crippen molar-refractivity contribution in [1.82, 2.24) is 30.2 Å². The second-order valence-corrected chi connectivity index (χ2v) is 17.7. The largest absolute Gasteiger partial charge is 0.470 e. The molecule has 8 rings (SSSR count). The Kier molecular flexibility index (Phi) is 10.3. The van der Waals surface area contributed by atoms with Gasteiger partial charge in [0.05, 0.1) is 17.4 Å². The highest BCUT2D eigenvalue weighted by Gasteiger charge is 2.62. The molecule has 58 heavy (non-hydrogen) atoms. The fraction of sp³-hybridized carbons (Fsp3) is 0.436. The molecule has 306 valence electrons. The number of nitrogens with one attached hydrogen (secondary N) is 3. The van der Waals surface area contributed by atoms with Gasteiger partial charge in [-0.1, -0.05) is 49.3 Å². The van der Waals surface area contributed by atoms with Crippen LogP contribution in [0.2, 0.25) is 0 Å². The lowest BCUT2D eigenvalue weighted by Crippen LogP contribution is -2.58. The molecule has 2 aliphatic heterocycles. The van der Waals surface area contributed by atoms with E-state index in [1.807, 2.05) is 12.2 Å². The molecule has 0 spiro atoms. The maximum absolute atomic E-state index is 14.4. The van der Waals surface area contributed by atoms with Gasteiger partial charge in [0.2, 0.25) is 27.4 Å². The molecule has 2 aromatic carbocycles. The number of carbonyl (C=O) groups excluding carboxylic acids is 3. The summed E-state index contributed by atoms with van der Waals surface area (Å²) in [6.07, 6.45) is 2.45. The van der Waals surface area contributed by atoms with Crippen LogP contribution in [0.25, 0.3) is 33.5 Å². The SMILES string of the molecule is NC(=S)NC1CCCCC/C=C\C2CC2(C(=O)NS(=O)(=O)C2CC2)NC(=O)C2CC(Oc3nc(-c4ccc(C(F)(F)F)cc4)nc4c3oc3ccccc34)CN2C1=O. The van der Waals surface area contributed by atoms with Gasteiger partial charge in [0.25, 0.3) is 11.8 Å². The number of benzene rings is 2. The number of hydrogen-bond donors (Lipinski definition) is 4. The predicted octanol–water partition coefficient (Wildman–Crippen LogP) is 4.62. The molecular formula is C39H40F3N7O7S2. The van der Waals surface area contributed by atoms with Crippen molar-refractivity contribution in [1.29, 1.82) is 0 Å². The highest BCUT2D eigenvalue weighted by atomic mass is 32.2. The molecule has 3 amide bonds. The number of ether oxygens (including phenoxy) is 1. The molecule has 5 unspecified atom stereocenters. The zero-order valence-electron chi connectivity index (χ0n) is 31.0. The second-order valence-electron chi connectivity index (χ2n) is 15.3. The maximum Gasteiger partial charge on any atom is 0.416 e. The van der Waals surface area contributed by atoms with Gasteiger partial charge in [0.15, 0.2) is 10.9 Å². The Morgan fingerprint density at radius 1 is 1.05 bits per heavy atom. The summed E-state index contributed by atoms with van der Waals surface area (Å²) < 4.78 is 80.7. The average molecular weight is 840 g/mol. The van der Waals surface area contributed by atoms with Crippen LogP contribution in [0, 0.1) is 5.92 Å². The average Bonchev–Trinajstić information content (AvgIpc) is 4.08. The van der Waals surface area contributed by atoms with Crippen LogP contribution in [0.1, 0.15) is 63.4 Å². The Labute approximate surface area is 336 Å². The van der Waals surface area contributed by atoms with Crippen molar-refractivity contribution < 1.29 is 45.1 Å². The van der Waals surface area contributed by atoms with Crippen molar-refractivity contribution in [3.05, 3.63) is 66.2 Å². The Balaban J connectivity index is 1.14. The summed E-state index contributed by atoms with van der Waals surface area (Å²) in [5, 5.41) is 5.53. The van der Waals surface area contributed by atoms with E-state index in [2.05, 4.69) is 25.3 Å². The van der Waals surface area contributed by atoms with Gasteiger partial charge in [0.1, 0.15) is 34.8 Å². The third kappa shape index (κ3) is 7.93. The first kappa shape index (κ1) is 39.5. The topological polar surface area (TPSA) is 199 Å². The fourth-order valence-electron chi connectivity index (χ4n) is 7.76. The molecule has 5 atom stereocenters. The number of nitrogens with zero attached hydrogens (tertiary/aromatic N) is 3. The Hall–Kier alpha value is -5.30. The number of fused-ring (bicyclic) bond motifs is 5. The second kappa shape index (κ2) is 15.1. The summed E-state index contributed by atoms with van der Waals surface area (Å²) in [6.45, 7) is -0.133. The quantitative estimate of drug-likeness (QED) is 0.149. The smallest absolute Gasteiger partial charge is 0.416 e. The fourth-order valence-corrected chi connectivity index (χ4v) is 9.27. The van der Waals surface area contributed by atoms with Crippen molar-refractivity contribution in [3.8, 4) is 17.3 Å². The molecule has 3 fully saturated rings. The number of thiocarbonyl (C=S) groups is 1. The lowest BCUT2D eigenvalue weighted by Gasteiger charge is -2.30. The normalized spacial score (nSPS) is 26.2. The minimum atomic E-state index is -4.55. The minimum Gasteiger partial charge on any atom is -0.470 e. The molecule has 2 aliphatic carbocycles. The number of alkyl halides is 3. The van der Waals surface area contributed by atoms with Crippen LogP contribution in [0.15, 0.2) is 65.1 Å². The number of para-hydroxylation sites is 1.